The fourth-order valence-electron chi connectivity index (χ4n) is 3.16. The van der Waals surface area contributed by atoms with Crippen LogP contribution in [0, 0.1) is 0 Å². The minimum Gasteiger partial charge on any atom is -0.399 e. The van der Waals surface area contributed by atoms with Gasteiger partial charge in [-0.05, 0) is 50.4 Å². The number of nitrogen functional groups attached to an aromatic ring is 1. The third-order valence-corrected chi connectivity index (χ3v) is 4.28. The second kappa shape index (κ2) is 6.24. The number of nitrogens with zero attached hydrogens (tertiary/aromatic N) is 1. The van der Waals surface area contributed by atoms with E-state index in [1.165, 1.54) is 44.2 Å². The summed E-state index contributed by atoms with van der Waals surface area (Å²) in [6, 6.07) is 9.59. The Bertz CT molecular complexity index is 375. The van der Waals surface area contributed by atoms with E-state index in [0.717, 1.165) is 11.7 Å². The normalized spacial score (nSPS) is 23.6. The van der Waals surface area contributed by atoms with Crippen molar-refractivity contribution < 1.29 is 0 Å². The second-order valence-corrected chi connectivity index (χ2v) is 5.50. The summed E-state index contributed by atoms with van der Waals surface area (Å²) < 4.78 is 0. The Morgan fingerprint density at radius 2 is 2.17 bits per heavy atom. The average molecular weight is 246 g/mol. The summed E-state index contributed by atoms with van der Waals surface area (Å²) in [7, 11) is 0. The van der Waals surface area contributed by atoms with Crippen LogP contribution in [0.2, 0.25) is 0 Å². The van der Waals surface area contributed by atoms with Crippen molar-refractivity contribution in [1.29, 1.82) is 0 Å². The lowest BCUT2D eigenvalue weighted by atomic mass is 10.0. The molecule has 18 heavy (non-hydrogen) atoms. The summed E-state index contributed by atoms with van der Waals surface area (Å²) in [5.74, 6) is 0. The topological polar surface area (TPSA) is 29.3 Å². The van der Waals surface area contributed by atoms with E-state index in [2.05, 4.69) is 36.9 Å². The lowest BCUT2D eigenvalue weighted by molar-refractivity contribution is 0.142. The largest absolute Gasteiger partial charge is 0.399 e. The summed E-state index contributed by atoms with van der Waals surface area (Å²) in [4.78, 5) is 2.68. The van der Waals surface area contributed by atoms with Gasteiger partial charge in [0.15, 0.2) is 0 Å². The van der Waals surface area contributed by atoms with Gasteiger partial charge < -0.3 is 5.73 Å². The molecular weight excluding hydrogens is 220 g/mol. The van der Waals surface area contributed by atoms with E-state index >= 15 is 0 Å². The van der Waals surface area contributed by atoms with Crippen molar-refractivity contribution >= 4 is 5.69 Å². The quantitative estimate of drug-likeness (QED) is 0.817. The SMILES string of the molecule is CCC1CCCCCN1C(C)c1cccc(N)c1. The Kier molecular flexibility index (Phi) is 4.65. The highest BCUT2D eigenvalue weighted by molar-refractivity contribution is 5.41. The molecule has 1 heterocycles. The Hall–Kier alpha value is -1.02. The predicted octanol–water partition coefficient (Wildman–Crippen LogP) is 3.98. The van der Waals surface area contributed by atoms with E-state index in [-0.39, 0.29) is 0 Å². The fourth-order valence-corrected chi connectivity index (χ4v) is 3.16. The number of anilines is 1. The molecule has 1 aromatic carbocycles. The number of hydrogen-bond acceptors (Lipinski definition) is 2. The molecule has 0 amide bonds. The van der Waals surface area contributed by atoms with E-state index in [4.69, 9.17) is 5.73 Å². The van der Waals surface area contributed by atoms with Crippen LogP contribution in [0.15, 0.2) is 24.3 Å². The van der Waals surface area contributed by atoms with Crippen molar-refractivity contribution in [2.45, 2.75) is 58.0 Å². The predicted molar refractivity (Wildman–Crippen MR) is 78.5 cm³/mol. The van der Waals surface area contributed by atoms with Crippen LogP contribution in [0.25, 0.3) is 0 Å². The molecule has 2 N–H and O–H groups in total. The minimum atomic E-state index is 0.483. The van der Waals surface area contributed by atoms with Gasteiger partial charge in [-0.25, -0.2) is 0 Å². The van der Waals surface area contributed by atoms with Crippen LogP contribution < -0.4 is 5.73 Å². The lowest BCUT2D eigenvalue weighted by Gasteiger charge is -2.35. The highest BCUT2D eigenvalue weighted by Crippen LogP contribution is 2.29. The van der Waals surface area contributed by atoms with E-state index in [9.17, 15) is 0 Å². The van der Waals surface area contributed by atoms with Crippen molar-refractivity contribution in [2.75, 3.05) is 12.3 Å². The highest BCUT2D eigenvalue weighted by Gasteiger charge is 2.24. The molecule has 2 nitrogen and oxygen atoms in total. The molecular formula is C16H26N2. The van der Waals surface area contributed by atoms with Gasteiger partial charge >= 0.3 is 0 Å². The molecule has 1 aliphatic rings. The van der Waals surface area contributed by atoms with E-state index in [1.807, 2.05) is 6.07 Å². The minimum absolute atomic E-state index is 0.483. The van der Waals surface area contributed by atoms with Crippen molar-refractivity contribution in [3.63, 3.8) is 0 Å². The zero-order chi connectivity index (χ0) is 13.0. The molecule has 2 atom stereocenters. The van der Waals surface area contributed by atoms with Gasteiger partial charge in [-0.2, -0.15) is 0 Å². The number of likely N-dealkylation sites (tertiary alicyclic amines) is 1. The van der Waals surface area contributed by atoms with Gasteiger partial charge in [0.25, 0.3) is 0 Å². The monoisotopic (exact) mass is 246 g/mol. The van der Waals surface area contributed by atoms with Crippen LogP contribution in [-0.2, 0) is 0 Å². The molecule has 1 saturated heterocycles. The summed E-state index contributed by atoms with van der Waals surface area (Å²) >= 11 is 0. The van der Waals surface area contributed by atoms with E-state index < -0.39 is 0 Å². The van der Waals surface area contributed by atoms with Gasteiger partial charge in [-0.1, -0.05) is 31.9 Å². The summed E-state index contributed by atoms with van der Waals surface area (Å²) in [5.41, 5.74) is 8.14. The van der Waals surface area contributed by atoms with Crippen LogP contribution in [0.5, 0.6) is 0 Å². The van der Waals surface area contributed by atoms with Gasteiger partial charge in [-0.15, -0.1) is 0 Å². The summed E-state index contributed by atoms with van der Waals surface area (Å²) in [5, 5.41) is 0. The van der Waals surface area contributed by atoms with Crippen LogP contribution in [0.1, 0.15) is 57.6 Å². The highest BCUT2D eigenvalue weighted by atomic mass is 15.2. The van der Waals surface area contributed by atoms with Gasteiger partial charge in [0.05, 0.1) is 0 Å². The third kappa shape index (κ3) is 3.05. The molecule has 0 spiro atoms. The number of benzene rings is 1. The maximum absolute atomic E-state index is 5.91. The molecule has 1 aromatic rings. The zero-order valence-electron chi connectivity index (χ0n) is 11.7. The maximum Gasteiger partial charge on any atom is 0.0323 e. The molecule has 2 heteroatoms. The number of rotatable bonds is 3. The fraction of sp³-hybridized carbons (Fsp3) is 0.625. The van der Waals surface area contributed by atoms with Crippen molar-refractivity contribution in [3.05, 3.63) is 29.8 Å². The summed E-state index contributed by atoms with van der Waals surface area (Å²) in [6.45, 7) is 5.87. The standard InChI is InChI=1S/C16H26N2/c1-3-16-10-5-4-6-11-18(16)13(2)14-8-7-9-15(17)12-14/h7-9,12-13,16H,3-6,10-11,17H2,1-2H3. The molecule has 1 aliphatic heterocycles. The van der Waals surface area contributed by atoms with Gasteiger partial charge in [0.2, 0.25) is 0 Å². The molecule has 100 valence electrons. The third-order valence-electron chi connectivity index (χ3n) is 4.28. The van der Waals surface area contributed by atoms with E-state index in [1.54, 1.807) is 0 Å². The molecule has 0 saturated carbocycles. The lowest BCUT2D eigenvalue weighted by Crippen LogP contribution is -2.36. The molecule has 0 aromatic heterocycles. The number of hydrogen-bond donors (Lipinski definition) is 1. The second-order valence-electron chi connectivity index (χ2n) is 5.50. The Morgan fingerprint density at radius 3 is 2.89 bits per heavy atom. The molecule has 1 fully saturated rings. The average Bonchev–Trinajstić information content (AvgIpc) is 2.62. The Labute approximate surface area is 111 Å². The van der Waals surface area contributed by atoms with Crippen LogP contribution >= 0.6 is 0 Å². The smallest absolute Gasteiger partial charge is 0.0323 e. The first-order valence-corrected chi connectivity index (χ1v) is 7.33. The van der Waals surface area contributed by atoms with E-state index in [0.29, 0.717) is 6.04 Å². The Morgan fingerprint density at radius 1 is 1.33 bits per heavy atom. The van der Waals surface area contributed by atoms with Gasteiger partial charge in [-0.3, -0.25) is 4.90 Å². The molecule has 0 bridgehead atoms. The molecule has 0 radical (unpaired) electrons. The number of nitrogens with two attached hydrogens (primary N) is 1. The summed E-state index contributed by atoms with van der Waals surface area (Å²) in [6.07, 6.45) is 6.72. The van der Waals surface area contributed by atoms with Crippen molar-refractivity contribution in [2.24, 2.45) is 0 Å². The van der Waals surface area contributed by atoms with Crippen LogP contribution in [0.4, 0.5) is 5.69 Å². The molecule has 2 unspecified atom stereocenters. The maximum atomic E-state index is 5.91. The van der Waals surface area contributed by atoms with Gasteiger partial charge in [0.1, 0.15) is 0 Å². The van der Waals surface area contributed by atoms with Crippen LogP contribution in [-0.4, -0.2) is 17.5 Å². The molecule has 0 aliphatic carbocycles. The first kappa shape index (κ1) is 13.4. The Balaban J connectivity index is 2.16. The molecule has 2 rings (SSSR count). The van der Waals surface area contributed by atoms with Crippen LogP contribution in [0.3, 0.4) is 0 Å². The zero-order valence-corrected chi connectivity index (χ0v) is 11.7. The first-order valence-electron chi connectivity index (χ1n) is 7.33. The van der Waals surface area contributed by atoms with Gasteiger partial charge in [0, 0.05) is 17.8 Å². The van der Waals surface area contributed by atoms with Crippen molar-refractivity contribution in [1.82, 2.24) is 4.90 Å². The first-order chi connectivity index (χ1) is 8.72. The van der Waals surface area contributed by atoms with Crippen molar-refractivity contribution in [3.8, 4) is 0 Å².